The molecule has 0 unspecified atom stereocenters. The Morgan fingerprint density at radius 1 is 0.926 bits per heavy atom. The monoisotopic (exact) mass is 364 g/mol. The first-order chi connectivity index (χ1) is 13.2. The highest BCUT2D eigenvalue weighted by Gasteiger charge is 2.00. The number of ether oxygens (including phenoxy) is 1. The number of benzene rings is 2. The number of urea groups is 1. The van der Waals surface area contributed by atoms with Crippen molar-refractivity contribution in [1.29, 1.82) is 0 Å². The lowest BCUT2D eigenvalue weighted by Gasteiger charge is -2.10. The molecule has 0 spiro atoms. The summed E-state index contributed by atoms with van der Waals surface area (Å²) in [7, 11) is 0. The fourth-order valence-corrected chi connectivity index (χ4v) is 2.56. The fraction of sp³-hybridized carbons (Fsp3) is 0.238. The molecule has 0 atom stereocenters. The SMILES string of the molecule is Cc1ccc(OCCNC(=O)NCCNc2ccc3ccccc3n2)cc1. The molecule has 0 fully saturated rings. The van der Waals surface area contributed by atoms with E-state index in [1.807, 2.05) is 67.6 Å². The number of carbonyl (C=O) groups is 1. The Kier molecular flexibility index (Phi) is 6.46. The molecular formula is C21H24N4O2. The van der Waals surface area contributed by atoms with Gasteiger partial charge in [-0.15, -0.1) is 0 Å². The predicted molar refractivity (Wildman–Crippen MR) is 108 cm³/mol. The molecule has 140 valence electrons. The van der Waals surface area contributed by atoms with Crippen LogP contribution in [0.5, 0.6) is 5.75 Å². The van der Waals surface area contributed by atoms with Crippen molar-refractivity contribution in [1.82, 2.24) is 15.6 Å². The molecule has 6 heteroatoms. The number of nitrogens with zero attached hydrogens (tertiary/aromatic N) is 1. The molecule has 3 rings (SSSR count). The smallest absolute Gasteiger partial charge is 0.314 e. The fourth-order valence-electron chi connectivity index (χ4n) is 2.56. The zero-order valence-electron chi connectivity index (χ0n) is 15.4. The van der Waals surface area contributed by atoms with Gasteiger partial charge in [-0.2, -0.15) is 0 Å². The summed E-state index contributed by atoms with van der Waals surface area (Å²) in [6.45, 7) is 3.99. The highest BCUT2D eigenvalue weighted by molar-refractivity contribution is 5.80. The largest absolute Gasteiger partial charge is 0.492 e. The molecule has 1 heterocycles. The van der Waals surface area contributed by atoms with E-state index in [1.165, 1.54) is 5.56 Å². The van der Waals surface area contributed by atoms with Crippen LogP contribution in [0, 0.1) is 6.92 Å². The Balaban J connectivity index is 1.29. The minimum atomic E-state index is -0.212. The zero-order chi connectivity index (χ0) is 18.9. The number of para-hydroxylation sites is 1. The molecule has 27 heavy (non-hydrogen) atoms. The lowest BCUT2D eigenvalue weighted by molar-refractivity contribution is 0.237. The normalized spacial score (nSPS) is 10.4. The number of aromatic nitrogens is 1. The highest BCUT2D eigenvalue weighted by atomic mass is 16.5. The molecule has 1 aromatic heterocycles. The number of rotatable bonds is 8. The van der Waals surface area contributed by atoms with Crippen LogP contribution in [0.2, 0.25) is 0 Å². The van der Waals surface area contributed by atoms with E-state index >= 15 is 0 Å². The maximum Gasteiger partial charge on any atom is 0.314 e. The van der Waals surface area contributed by atoms with Crippen molar-refractivity contribution in [3.05, 3.63) is 66.2 Å². The number of aryl methyl sites for hydroxylation is 1. The summed E-state index contributed by atoms with van der Waals surface area (Å²) in [5.41, 5.74) is 2.13. The van der Waals surface area contributed by atoms with Crippen LogP contribution in [0.3, 0.4) is 0 Å². The van der Waals surface area contributed by atoms with Crippen LogP contribution >= 0.6 is 0 Å². The topological polar surface area (TPSA) is 75.3 Å². The molecule has 6 nitrogen and oxygen atoms in total. The summed E-state index contributed by atoms with van der Waals surface area (Å²) in [4.78, 5) is 16.3. The van der Waals surface area contributed by atoms with E-state index in [0.717, 1.165) is 22.5 Å². The van der Waals surface area contributed by atoms with E-state index in [9.17, 15) is 4.79 Å². The molecule has 0 aliphatic carbocycles. The first kappa shape index (κ1) is 18.5. The first-order valence-corrected chi connectivity index (χ1v) is 9.01. The molecule has 3 aromatic rings. The van der Waals surface area contributed by atoms with Crippen LogP contribution in [0.4, 0.5) is 10.6 Å². The average molecular weight is 364 g/mol. The number of fused-ring (bicyclic) bond motifs is 1. The van der Waals surface area contributed by atoms with Crippen LogP contribution < -0.4 is 20.7 Å². The highest BCUT2D eigenvalue weighted by Crippen LogP contribution is 2.14. The Labute approximate surface area is 159 Å². The predicted octanol–water partition coefficient (Wildman–Crippen LogP) is 3.33. The van der Waals surface area contributed by atoms with Gasteiger partial charge in [-0.05, 0) is 37.3 Å². The number of carbonyl (C=O) groups excluding carboxylic acids is 1. The minimum absolute atomic E-state index is 0.212. The molecular weight excluding hydrogens is 340 g/mol. The molecule has 3 N–H and O–H groups in total. The van der Waals surface area contributed by atoms with E-state index < -0.39 is 0 Å². The lowest BCUT2D eigenvalue weighted by atomic mass is 10.2. The Bertz CT molecular complexity index is 881. The summed E-state index contributed by atoms with van der Waals surface area (Å²) in [5, 5.41) is 9.88. The van der Waals surface area contributed by atoms with Gasteiger partial charge in [0.1, 0.15) is 18.2 Å². The Morgan fingerprint density at radius 3 is 2.56 bits per heavy atom. The number of hydrogen-bond donors (Lipinski definition) is 3. The van der Waals surface area contributed by atoms with E-state index in [-0.39, 0.29) is 6.03 Å². The third kappa shape index (κ3) is 5.88. The first-order valence-electron chi connectivity index (χ1n) is 9.01. The zero-order valence-corrected chi connectivity index (χ0v) is 15.4. The summed E-state index contributed by atoms with van der Waals surface area (Å²) in [6.07, 6.45) is 0. The maximum absolute atomic E-state index is 11.8. The van der Waals surface area contributed by atoms with Gasteiger partial charge in [-0.1, -0.05) is 35.9 Å². The van der Waals surface area contributed by atoms with Crippen molar-refractivity contribution in [2.45, 2.75) is 6.92 Å². The van der Waals surface area contributed by atoms with Gasteiger partial charge in [0.2, 0.25) is 0 Å². The number of hydrogen-bond acceptors (Lipinski definition) is 4. The van der Waals surface area contributed by atoms with Crippen molar-refractivity contribution in [2.24, 2.45) is 0 Å². The third-order valence-corrected chi connectivity index (χ3v) is 3.99. The van der Waals surface area contributed by atoms with E-state index in [1.54, 1.807) is 0 Å². The van der Waals surface area contributed by atoms with Crippen LogP contribution in [-0.4, -0.2) is 37.3 Å². The lowest BCUT2D eigenvalue weighted by Crippen LogP contribution is -2.39. The van der Waals surface area contributed by atoms with Crippen LogP contribution in [0.15, 0.2) is 60.7 Å². The van der Waals surface area contributed by atoms with Gasteiger partial charge in [-0.3, -0.25) is 0 Å². The molecule has 0 saturated carbocycles. The van der Waals surface area contributed by atoms with Crippen LogP contribution in [0.25, 0.3) is 10.9 Å². The van der Waals surface area contributed by atoms with E-state index in [2.05, 4.69) is 20.9 Å². The van der Waals surface area contributed by atoms with Gasteiger partial charge in [0, 0.05) is 18.5 Å². The molecule has 0 saturated heterocycles. The number of anilines is 1. The standard InChI is InChI=1S/C21H24N4O2/c1-16-6-9-18(10-7-16)27-15-14-24-21(26)23-13-12-22-20-11-8-17-4-2-3-5-19(17)25-20/h2-11H,12-15H2,1H3,(H,22,25)(H2,23,24,26). The van der Waals surface area contributed by atoms with Gasteiger partial charge < -0.3 is 20.7 Å². The number of pyridine rings is 1. The van der Waals surface area contributed by atoms with Crippen molar-refractivity contribution in [2.75, 3.05) is 31.6 Å². The minimum Gasteiger partial charge on any atom is -0.492 e. The molecule has 2 amide bonds. The molecule has 0 aliphatic rings. The Morgan fingerprint density at radius 2 is 1.70 bits per heavy atom. The van der Waals surface area contributed by atoms with Gasteiger partial charge in [0.05, 0.1) is 12.1 Å². The second kappa shape index (κ2) is 9.43. The van der Waals surface area contributed by atoms with E-state index in [4.69, 9.17) is 4.74 Å². The van der Waals surface area contributed by atoms with Crippen molar-refractivity contribution in [3.8, 4) is 5.75 Å². The van der Waals surface area contributed by atoms with Crippen molar-refractivity contribution < 1.29 is 9.53 Å². The second-order valence-corrected chi connectivity index (χ2v) is 6.16. The van der Waals surface area contributed by atoms with Gasteiger partial charge in [0.15, 0.2) is 0 Å². The van der Waals surface area contributed by atoms with Crippen LogP contribution in [-0.2, 0) is 0 Å². The molecule has 0 bridgehead atoms. The van der Waals surface area contributed by atoms with Crippen LogP contribution in [0.1, 0.15) is 5.56 Å². The summed E-state index contributed by atoms with van der Waals surface area (Å²) < 4.78 is 5.57. The van der Waals surface area contributed by atoms with Crippen molar-refractivity contribution >= 4 is 22.8 Å². The summed E-state index contributed by atoms with van der Waals surface area (Å²) >= 11 is 0. The van der Waals surface area contributed by atoms with Gasteiger partial charge in [0.25, 0.3) is 0 Å². The quantitative estimate of drug-likeness (QED) is 0.536. The molecule has 0 aliphatic heterocycles. The van der Waals surface area contributed by atoms with Gasteiger partial charge >= 0.3 is 6.03 Å². The van der Waals surface area contributed by atoms with Gasteiger partial charge in [-0.25, -0.2) is 9.78 Å². The number of amides is 2. The summed E-state index contributed by atoms with van der Waals surface area (Å²) in [5.74, 6) is 1.59. The molecule has 2 aromatic carbocycles. The Hall–Kier alpha value is -3.28. The van der Waals surface area contributed by atoms with Crippen molar-refractivity contribution in [3.63, 3.8) is 0 Å². The third-order valence-electron chi connectivity index (χ3n) is 3.99. The van der Waals surface area contributed by atoms with E-state index in [0.29, 0.717) is 26.2 Å². The maximum atomic E-state index is 11.8. The summed E-state index contributed by atoms with van der Waals surface area (Å²) in [6, 6.07) is 19.5. The number of nitrogens with one attached hydrogen (secondary N) is 3. The molecule has 0 radical (unpaired) electrons. The second-order valence-electron chi connectivity index (χ2n) is 6.16. The average Bonchev–Trinajstić information content (AvgIpc) is 2.70.